The standard InChI is InChI=1S/C10H11Cl2N/c1-6-2-3-7-4-5-8(11)9(12)10(7)13-6/h4-6,13H,2-3H2,1H3/t6-/m1/s1. The van der Waals surface area contributed by atoms with Crippen molar-refractivity contribution in [1.29, 1.82) is 0 Å². The molecule has 1 aromatic rings. The van der Waals surface area contributed by atoms with Crippen LogP contribution in [0, 0.1) is 0 Å². The van der Waals surface area contributed by atoms with Crippen LogP contribution in [0.5, 0.6) is 0 Å². The molecule has 1 nitrogen and oxygen atoms in total. The first-order chi connectivity index (χ1) is 6.18. The lowest BCUT2D eigenvalue weighted by Crippen LogP contribution is -2.22. The normalized spacial score (nSPS) is 20.7. The van der Waals surface area contributed by atoms with E-state index in [4.69, 9.17) is 23.2 Å². The summed E-state index contributed by atoms with van der Waals surface area (Å²) < 4.78 is 0. The van der Waals surface area contributed by atoms with E-state index >= 15 is 0 Å². The molecule has 0 amide bonds. The van der Waals surface area contributed by atoms with Gasteiger partial charge in [0.05, 0.1) is 15.7 Å². The molecule has 1 atom stereocenters. The smallest absolute Gasteiger partial charge is 0.0826 e. The maximum absolute atomic E-state index is 6.08. The van der Waals surface area contributed by atoms with Crippen molar-refractivity contribution in [3.05, 3.63) is 27.7 Å². The average molecular weight is 216 g/mol. The van der Waals surface area contributed by atoms with Crippen LogP contribution in [0.1, 0.15) is 18.9 Å². The number of hydrogen-bond donors (Lipinski definition) is 1. The number of benzene rings is 1. The van der Waals surface area contributed by atoms with Crippen molar-refractivity contribution < 1.29 is 0 Å². The molecule has 1 aromatic carbocycles. The Morgan fingerprint density at radius 1 is 1.38 bits per heavy atom. The molecule has 0 aliphatic carbocycles. The van der Waals surface area contributed by atoms with E-state index in [0.29, 0.717) is 16.1 Å². The molecule has 70 valence electrons. The number of aryl methyl sites for hydroxylation is 1. The van der Waals surface area contributed by atoms with Crippen LogP contribution < -0.4 is 5.32 Å². The SMILES string of the molecule is C[C@@H]1CCc2ccc(Cl)c(Cl)c2N1. The van der Waals surface area contributed by atoms with Crippen LogP contribution in [0.15, 0.2) is 12.1 Å². The van der Waals surface area contributed by atoms with Crippen LogP contribution in [0.4, 0.5) is 5.69 Å². The van der Waals surface area contributed by atoms with Gasteiger partial charge in [0.15, 0.2) is 0 Å². The average Bonchev–Trinajstić information content (AvgIpc) is 2.12. The van der Waals surface area contributed by atoms with Crippen molar-refractivity contribution in [1.82, 2.24) is 0 Å². The number of fused-ring (bicyclic) bond motifs is 1. The minimum absolute atomic E-state index is 0.489. The lowest BCUT2D eigenvalue weighted by atomic mass is 9.99. The molecule has 0 spiro atoms. The Morgan fingerprint density at radius 3 is 2.92 bits per heavy atom. The van der Waals surface area contributed by atoms with Crippen LogP contribution in [0.2, 0.25) is 10.0 Å². The zero-order chi connectivity index (χ0) is 9.42. The van der Waals surface area contributed by atoms with E-state index in [-0.39, 0.29) is 0 Å². The molecule has 1 aliphatic heterocycles. The van der Waals surface area contributed by atoms with Gasteiger partial charge in [-0.25, -0.2) is 0 Å². The van der Waals surface area contributed by atoms with E-state index in [9.17, 15) is 0 Å². The van der Waals surface area contributed by atoms with Gasteiger partial charge in [0.2, 0.25) is 0 Å². The summed E-state index contributed by atoms with van der Waals surface area (Å²) in [5.41, 5.74) is 2.29. The Bertz CT molecular complexity index is 336. The highest BCUT2D eigenvalue weighted by atomic mass is 35.5. The third-order valence-corrected chi connectivity index (χ3v) is 3.22. The van der Waals surface area contributed by atoms with Gasteiger partial charge in [0.1, 0.15) is 0 Å². The van der Waals surface area contributed by atoms with Crippen LogP contribution in [0.25, 0.3) is 0 Å². The number of nitrogens with one attached hydrogen (secondary N) is 1. The lowest BCUT2D eigenvalue weighted by Gasteiger charge is -2.25. The maximum Gasteiger partial charge on any atom is 0.0826 e. The first-order valence-electron chi connectivity index (χ1n) is 4.42. The summed E-state index contributed by atoms with van der Waals surface area (Å²) in [5.74, 6) is 0. The summed E-state index contributed by atoms with van der Waals surface area (Å²) in [6.45, 7) is 2.15. The minimum atomic E-state index is 0.489. The molecule has 0 saturated heterocycles. The van der Waals surface area contributed by atoms with Gasteiger partial charge < -0.3 is 5.32 Å². The van der Waals surface area contributed by atoms with Gasteiger partial charge in [-0.15, -0.1) is 0 Å². The lowest BCUT2D eigenvalue weighted by molar-refractivity contribution is 0.681. The summed E-state index contributed by atoms with van der Waals surface area (Å²) in [6, 6.07) is 4.39. The van der Waals surface area contributed by atoms with E-state index in [2.05, 4.69) is 12.2 Å². The van der Waals surface area contributed by atoms with Gasteiger partial charge in [0.25, 0.3) is 0 Å². The monoisotopic (exact) mass is 215 g/mol. The molecule has 1 aliphatic rings. The quantitative estimate of drug-likeness (QED) is 0.696. The fourth-order valence-electron chi connectivity index (χ4n) is 1.65. The zero-order valence-corrected chi connectivity index (χ0v) is 8.91. The van der Waals surface area contributed by atoms with Crippen LogP contribution in [-0.4, -0.2) is 6.04 Å². The second-order valence-corrected chi connectivity index (χ2v) is 4.26. The molecule has 13 heavy (non-hydrogen) atoms. The van der Waals surface area contributed by atoms with Gasteiger partial charge in [-0.2, -0.15) is 0 Å². The summed E-state index contributed by atoms with van der Waals surface area (Å²) in [6.07, 6.45) is 2.24. The van der Waals surface area contributed by atoms with Crippen molar-refractivity contribution in [3.63, 3.8) is 0 Å². The van der Waals surface area contributed by atoms with E-state index in [1.807, 2.05) is 12.1 Å². The van der Waals surface area contributed by atoms with Crippen molar-refractivity contribution in [3.8, 4) is 0 Å². The Hall–Kier alpha value is -0.400. The topological polar surface area (TPSA) is 12.0 Å². The van der Waals surface area contributed by atoms with Gasteiger partial charge in [-0.3, -0.25) is 0 Å². The molecule has 0 bridgehead atoms. The van der Waals surface area contributed by atoms with Crippen molar-refractivity contribution in [2.75, 3.05) is 5.32 Å². The van der Waals surface area contributed by atoms with E-state index in [1.165, 1.54) is 5.56 Å². The fourth-order valence-corrected chi connectivity index (χ4v) is 2.04. The van der Waals surface area contributed by atoms with Gasteiger partial charge in [-0.1, -0.05) is 29.3 Å². The second kappa shape index (κ2) is 3.39. The predicted molar refractivity (Wildman–Crippen MR) is 57.9 cm³/mol. The molecule has 2 rings (SSSR count). The Morgan fingerprint density at radius 2 is 2.15 bits per heavy atom. The summed E-state index contributed by atoms with van der Waals surface area (Å²) in [5, 5.41) is 4.64. The number of hydrogen-bond acceptors (Lipinski definition) is 1. The van der Waals surface area contributed by atoms with E-state index in [1.54, 1.807) is 0 Å². The largest absolute Gasteiger partial charge is 0.381 e. The first kappa shape index (κ1) is 9.17. The maximum atomic E-state index is 6.08. The highest BCUT2D eigenvalue weighted by Gasteiger charge is 2.17. The van der Waals surface area contributed by atoms with Crippen molar-refractivity contribution in [2.24, 2.45) is 0 Å². The predicted octanol–water partition coefficient (Wildman–Crippen LogP) is 3.74. The Balaban J connectivity index is 2.48. The molecular formula is C10H11Cl2N. The molecular weight excluding hydrogens is 205 g/mol. The number of halogens is 2. The minimum Gasteiger partial charge on any atom is -0.381 e. The zero-order valence-electron chi connectivity index (χ0n) is 7.40. The fraction of sp³-hybridized carbons (Fsp3) is 0.400. The van der Waals surface area contributed by atoms with Gasteiger partial charge in [-0.05, 0) is 31.4 Å². The summed E-state index contributed by atoms with van der Waals surface area (Å²) in [4.78, 5) is 0. The number of anilines is 1. The molecule has 1 heterocycles. The van der Waals surface area contributed by atoms with Crippen molar-refractivity contribution >= 4 is 28.9 Å². The Kier molecular flexibility index (Phi) is 2.39. The van der Waals surface area contributed by atoms with Crippen molar-refractivity contribution in [2.45, 2.75) is 25.8 Å². The van der Waals surface area contributed by atoms with E-state index in [0.717, 1.165) is 18.5 Å². The molecule has 1 N–H and O–H groups in total. The molecule has 0 fully saturated rings. The second-order valence-electron chi connectivity index (χ2n) is 3.48. The molecule has 0 saturated carbocycles. The molecule has 0 radical (unpaired) electrons. The van der Waals surface area contributed by atoms with Gasteiger partial charge >= 0.3 is 0 Å². The molecule has 0 aromatic heterocycles. The summed E-state index contributed by atoms with van der Waals surface area (Å²) in [7, 11) is 0. The first-order valence-corrected chi connectivity index (χ1v) is 5.17. The van der Waals surface area contributed by atoms with Gasteiger partial charge in [0, 0.05) is 6.04 Å². The highest BCUT2D eigenvalue weighted by Crippen LogP contribution is 2.36. The van der Waals surface area contributed by atoms with Crippen LogP contribution >= 0.6 is 23.2 Å². The summed E-state index contributed by atoms with van der Waals surface area (Å²) >= 11 is 12.0. The third-order valence-electron chi connectivity index (χ3n) is 2.42. The third kappa shape index (κ3) is 1.63. The molecule has 3 heteroatoms. The van der Waals surface area contributed by atoms with E-state index < -0.39 is 0 Å². The van der Waals surface area contributed by atoms with Crippen LogP contribution in [-0.2, 0) is 6.42 Å². The molecule has 0 unspecified atom stereocenters. The highest BCUT2D eigenvalue weighted by molar-refractivity contribution is 6.43. The Labute approximate surface area is 88.0 Å². The number of rotatable bonds is 0. The van der Waals surface area contributed by atoms with Crippen LogP contribution in [0.3, 0.4) is 0 Å².